The molecule has 0 saturated carbocycles. The van der Waals surface area contributed by atoms with E-state index in [1.165, 1.54) is 23.1 Å². The van der Waals surface area contributed by atoms with Gasteiger partial charge in [-0.3, -0.25) is 0 Å². The summed E-state index contributed by atoms with van der Waals surface area (Å²) < 4.78 is 5.80. The molecule has 0 aliphatic carbocycles. The molecular weight excluding hydrogens is 258 g/mol. The minimum Gasteiger partial charge on any atom is -0.494 e. The highest BCUT2D eigenvalue weighted by atomic mass is 16.5. The van der Waals surface area contributed by atoms with Crippen molar-refractivity contribution in [3.63, 3.8) is 0 Å². The molecule has 0 saturated heterocycles. The maximum atomic E-state index is 5.80. The normalized spacial score (nSPS) is 10.6. The van der Waals surface area contributed by atoms with Crippen molar-refractivity contribution in [1.82, 2.24) is 0 Å². The fraction of sp³-hybridized carbons (Fsp3) is 0.368. The Balaban J connectivity index is 1.76. The molecule has 0 fully saturated rings. The van der Waals surface area contributed by atoms with Crippen molar-refractivity contribution in [2.75, 3.05) is 6.61 Å². The summed E-state index contributed by atoms with van der Waals surface area (Å²) in [5.74, 6) is 0.960. The fourth-order valence-corrected chi connectivity index (χ4v) is 2.49. The minimum absolute atomic E-state index is 0.607. The molecular formula is C19H25NO. The van der Waals surface area contributed by atoms with E-state index >= 15 is 0 Å². The zero-order valence-corrected chi connectivity index (χ0v) is 12.8. The highest BCUT2D eigenvalue weighted by Crippen LogP contribution is 2.15. The van der Waals surface area contributed by atoms with Crippen LogP contribution in [-0.4, -0.2) is 6.61 Å². The Morgan fingerprint density at radius 1 is 0.905 bits per heavy atom. The lowest BCUT2D eigenvalue weighted by Gasteiger charge is -2.09. The SMILES string of the molecule is CCCc1ccc(OCCCc2ccccc2CN)cc1. The van der Waals surface area contributed by atoms with Gasteiger partial charge < -0.3 is 10.5 Å². The predicted molar refractivity (Wildman–Crippen MR) is 88.6 cm³/mol. The summed E-state index contributed by atoms with van der Waals surface area (Å²) in [6.07, 6.45) is 4.34. The highest BCUT2D eigenvalue weighted by molar-refractivity contribution is 5.28. The van der Waals surface area contributed by atoms with Gasteiger partial charge in [-0.2, -0.15) is 0 Å². The Bertz CT molecular complexity index is 534. The number of rotatable bonds is 8. The number of hydrogen-bond donors (Lipinski definition) is 1. The average Bonchev–Trinajstić information content (AvgIpc) is 2.54. The monoisotopic (exact) mass is 283 g/mol. The zero-order valence-electron chi connectivity index (χ0n) is 12.8. The Hall–Kier alpha value is -1.80. The topological polar surface area (TPSA) is 35.2 Å². The van der Waals surface area contributed by atoms with Gasteiger partial charge in [0.1, 0.15) is 5.75 Å². The fourth-order valence-electron chi connectivity index (χ4n) is 2.49. The number of hydrogen-bond acceptors (Lipinski definition) is 2. The molecule has 2 heteroatoms. The lowest BCUT2D eigenvalue weighted by Crippen LogP contribution is -2.04. The molecule has 2 aromatic carbocycles. The van der Waals surface area contributed by atoms with E-state index in [0.29, 0.717) is 6.54 Å². The molecule has 0 unspecified atom stereocenters. The molecule has 0 radical (unpaired) electrons. The third-order valence-electron chi connectivity index (χ3n) is 3.66. The molecule has 0 bridgehead atoms. The largest absolute Gasteiger partial charge is 0.494 e. The Morgan fingerprint density at radius 3 is 2.29 bits per heavy atom. The van der Waals surface area contributed by atoms with Crippen molar-refractivity contribution >= 4 is 0 Å². The third kappa shape index (κ3) is 4.91. The number of aryl methyl sites for hydroxylation is 2. The molecule has 0 atom stereocenters. The van der Waals surface area contributed by atoms with Gasteiger partial charge in [0, 0.05) is 6.54 Å². The summed E-state index contributed by atoms with van der Waals surface area (Å²) in [6.45, 7) is 3.55. The first-order chi connectivity index (χ1) is 10.3. The molecule has 0 amide bonds. The van der Waals surface area contributed by atoms with Gasteiger partial charge in [0.2, 0.25) is 0 Å². The van der Waals surface area contributed by atoms with Crippen LogP contribution in [0.3, 0.4) is 0 Å². The molecule has 21 heavy (non-hydrogen) atoms. The van der Waals surface area contributed by atoms with Crippen LogP contribution < -0.4 is 10.5 Å². The molecule has 0 spiro atoms. The molecule has 0 aliphatic rings. The van der Waals surface area contributed by atoms with Crippen LogP contribution in [0.2, 0.25) is 0 Å². The second-order valence-corrected chi connectivity index (χ2v) is 5.32. The summed E-state index contributed by atoms with van der Waals surface area (Å²) in [4.78, 5) is 0. The van der Waals surface area contributed by atoms with Crippen LogP contribution in [-0.2, 0) is 19.4 Å². The maximum Gasteiger partial charge on any atom is 0.119 e. The first-order valence-electron chi connectivity index (χ1n) is 7.82. The molecule has 0 heterocycles. The van der Waals surface area contributed by atoms with Crippen molar-refractivity contribution in [1.29, 1.82) is 0 Å². The summed E-state index contributed by atoms with van der Waals surface area (Å²) in [5, 5.41) is 0. The average molecular weight is 283 g/mol. The maximum absolute atomic E-state index is 5.80. The van der Waals surface area contributed by atoms with Crippen LogP contribution in [0.1, 0.15) is 36.5 Å². The summed E-state index contributed by atoms with van der Waals surface area (Å²) >= 11 is 0. The van der Waals surface area contributed by atoms with E-state index < -0.39 is 0 Å². The van der Waals surface area contributed by atoms with E-state index in [2.05, 4.69) is 49.4 Å². The highest BCUT2D eigenvalue weighted by Gasteiger charge is 2.00. The molecule has 112 valence electrons. The second-order valence-electron chi connectivity index (χ2n) is 5.32. The molecule has 2 aromatic rings. The molecule has 0 aliphatic heterocycles. The van der Waals surface area contributed by atoms with Crippen LogP contribution in [0, 0.1) is 0 Å². The quantitative estimate of drug-likeness (QED) is 0.740. The van der Waals surface area contributed by atoms with Crippen LogP contribution in [0.5, 0.6) is 5.75 Å². The van der Waals surface area contributed by atoms with Crippen molar-refractivity contribution < 1.29 is 4.74 Å². The van der Waals surface area contributed by atoms with E-state index in [9.17, 15) is 0 Å². The molecule has 2 nitrogen and oxygen atoms in total. The van der Waals surface area contributed by atoms with Gasteiger partial charge in [-0.25, -0.2) is 0 Å². The van der Waals surface area contributed by atoms with Crippen LogP contribution in [0.25, 0.3) is 0 Å². The Labute approximate surface area is 127 Å². The van der Waals surface area contributed by atoms with E-state index in [0.717, 1.165) is 31.6 Å². The molecule has 2 rings (SSSR count). The number of ether oxygens (including phenoxy) is 1. The van der Waals surface area contributed by atoms with Gasteiger partial charge in [-0.1, -0.05) is 49.7 Å². The lowest BCUT2D eigenvalue weighted by molar-refractivity contribution is 0.311. The van der Waals surface area contributed by atoms with Gasteiger partial charge in [0.25, 0.3) is 0 Å². The van der Waals surface area contributed by atoms with Gasteiger partial charge >= 0.3 is 0 Å². The van der Waals surface area contributed by atoms with E-state index in [4.69, 9.17) is 10.5 Å². The number of nitrogens with two attached hydrogens (primary N) is 1. The van der Waals surface area contributed by atoms with Crippen LogP contribution in [0.15, 0.2) is 48.5 Å². The van der Waals surface area contributed by atoms with E-state index in [1.54, 1.807) is 0 Å². The first kappa shape index (κ1) is 15.6. The minimum atomic E-state index is 0.607. The standard InChI is InChI=1S/C19H25NO/c1-2-6-16-10-12-19(13-11-16)21-14-5-9-17-7-3-4-8-18(17)15-20/h3-4,7-8,10-13H,2,5-6,9,14-15,20H2,1H3. The van der Waals surface area contributed by atoms with Crippen molar-refractivity contribution in [3.8, 4) is 5.75 Å². The summed E-state index contributed by atoms with van der Waals surface area (Å²) in [7, 11) is 0. The van der Waals surface area contributed by atoms with Crippen molar-refractivity contribution in [2.24, 2.45) is 5.73 Å². The van der Waals surface area contributed by atoms with Gasteiger partial charge in [0.15, 0.2) is 0 Å². The Morgan fingerprint density at radius 2 is 1.62 bits per heavy atom. The van der Waals surface area contributed by atoms with Gasteiger partial charge in [-0.15, -0.1) is 0 Å². The van der Waals surface area contributed by atoms with Gasteiger partial charge in [-0.05, 0) is 48.1 Å². The van der Waals surface area contributed by atoms with Crippen LogP contribution in [0.4, 0.5) is 0 Å². The first-order valence-corrected chi connectivity index (χ1v) is 7.82. The molecule has 2 N–H and O–H groups in total. The lowest BCUT2D eigenvalue weighted by atomic mass is 10.0. The summed E-state index contributed by atoms with van der Waals surface area (Å²) in [5.41, 5.74) is 9.70. The number of benzene rings is 2. The van der Waals surface area contributed by atoms with Crippen LogP contribution >= 0.6 is 0 Å². The van der Waals surface area contributed by atoms with Crippen molar-refractivity contribution in [2.45, 2.75) is 39.2 Å². The van der Waals surface area contributed by atoms with E-state index in [-0.39, 0.29) is 0 Å². The molecule has 0 aromatic heterocycles. The predicted octanol–water partition coefficient (Wildman–Crippen LogP) is 4.11. The van der Waals surface area contributed by atoms with Crippen molar-refractivity contribution in [3.05, 3.63) is 65.2 Å². The van der Waals surface area contributed by atoms with Gasteiger partial charge in [0.05, 0.1) is 6.61 Å². The third-order valence-corrected chi connectivity index (χ3v) is 3.66. The smallest absolute Gasteiger partial charge is 0.119 e. The van der Waals surface area contributed by atoms with E-state index in [1.807, 2.05) is 6.07 Å². The second kappa shape index (κ2) is 8.48. The Kier molecular flexibility index (Phi) is 6.29. The zero-order chi connectivity index (χ0) is 14.9. The summed E-state index contributed by atoms with van der Waals surface area (Å²) in [6, 6.07) is 16.8.